The van der Waals surface area contributed by atoms with E-state index in [2.05, 4.69) is 4.99 Å². The van der Waals surface area contributed by atoms with Crippen LogP contribution in [0, 0.1) is 0 Å². The Morgan fingerprint density at radius 1 is 1.50 bits per heavy atom. The first-order valence-electron chi connectivity index (χ1n) is 3.65. The molecule has 1 rings (SSSR count). The van der Waals surface area contributed by atoms with Gasteiger partial charge in [0.1, 0.15) is 0 Å². The van der Waals surface area contributed by atoms with Gasteiger partial charge in [-0.1, -0.05) is 0 Å². The molecule has 3 nitrogen and oxygen atoms in total. The number of carboxylic acid groups (broad SMARTS) is 1. The standard InChI is InChI=1S/C9H7NO2.ClH.Ru/c1-7-4-2-3-5-8(7)10-6-9(11)12;;/h1-6H,(H,11,12);1H;/q;;+1/p-1. The Labute approximate surface area is 92.6 Å². The molecule has 0 radical (unpaired) electrons. The zero-order valence-corrected chi connectivity index (χ0v) is 9.49. The van der Waals surface area contributed by atoms with E-state index in [1.165, 1.54) is 0 Å². The summed E-state index contributed by atoms with van der Waals surface area (Å²) in [5, 5.41) is 8.42. The van der Waals surface area contributed by atoms with E-state index >= 15 is 0 Å². The number of carbonyl (C=O) groups is 1. The molecule has 0 bridgehead atoms. The third-order valence-corrected chi connectivity index (χ3v) is 2.59. The van der Waals surface area contributed by atoms with Crippen LogP contribution in [0.25, 0.3) is 0 Å². The SMILES string of the molecule is O=C(O)C=Nc1ccccc1[CH]=[Ru][Cl]. The summed E-state index contributed by atoms with van der Waals surface area (Å²) in [6, 6.07) is 7.26. The molecule has 0 saturated heterocycles. The van der Waals surface area contributed by atoms with Gasteiger partial charge in [0.25, 0.3) is 0 Å². The minimum atomic E-state index is -1.06. The Balaban J connectivity index is 3.01. The van der Waals surface area contributed by atoms with E-state index in [9.17, 15) is 4.79 Å². The number of aliphatic carboxylic acids is 1. The quantitative estimate of drug-likeness (QED) is 0.684. The second-order valence-electron chi connectivity index (χ2n) is 2.33. The Bertz CT molecular complexity index is 390. The summed E-state index contributed by atoms with van der Waals surface area (Å²) in [7, 11) is 5.64. The van der Waals surface area contributed by atoms with Crippen molar-refractivity contribution in [2.45, 2.75) is 0 Å². The van der Waals surface area contributed by atoms with Gasteiger partial charge in [-0.3, -0.25) is 0 Å². The van der Waals surface area contributed by atoms with Crippen LogP contribution in [0.15, 0.2) is 29.3 Å². The Kier molecular flexibility index (Phi) is 4.64. The summed E-state index contributed by atoms with van der Waals surface area (Å²) in [6.07, 6.45) is 0.872. The van der Waals surface area contributed by atoms with Crippen LogP contribution >= 0.6 is 9.69 Å². The van der Waals surface area contributed by atoms with E-state index in [0.717, 1.165) is 11.8 Å². The van der Waals surface area contributed by atoms with Crippen molar-refractivity contribution < 1.29 is 25.6 Å². The Morgan fingerprint density at radius 2 is 2.21 bits per heavy atom. The minimum absolute atomic E-state index is 0.332. The van der Waals surface area contributed by atoms with Crippen molar-refractivity contribution >= 4 is 32.2 Å². The second kappa shape index (κ2) is 5.79. The molecule has 0 fully saturated rings. The van der Waals surface area contributed by atoms with Gasteiger partial charge in [0.2, 0.25) is 0 Å². The van der Waals surface area contributed by atoms with E-state index in [1.807, 2.05) is 16.7 Å². The first kappa shape index (κ1) is 11.2. The van der Waals surface area contributed by atoms with Crippen LogP contribution in [-0.2, 0) is 20.5 Å². The predicted molar refractivity (Wildman–Crippen MR) is 53.2 cm³/mol. The van der Waals surface area contributed by atoms with Crippen LogP contribution in [0.2, 0.25) is 0 Å². The van der Waals surface area contributed by atoms with Crippen molar-refractivity contribution in [1.82, 2.24) is 0 Å². The van der Waals surface area contributed by atoms with Crippen molar-refractivity contribution in [1.29, 1.82) is 0 Å². The Morgan fingerprint density at radius 3 is 2.86 bits per heavy atom. The summed E-state index contributed by atoms with van der Waals surface area (Å²) in [6.45, 7) is 0. The van der Waals surface area contributed by atoms with Gasteiger partial charge in [0.05, 0.1) is 0 Å². The topological polar surface area (TPSA) is 49.7 Å². The van der Waals surface area contributed by atoms with Crippen molar-refractivity contribution in [3.63, 3.8) is 0 Å². The zero-order chi connectivity index (χ0) is 10.4. The molecule has 5 heteroatoms. The molecule has 75 valence electrons. The number of rotatable bonds is 3. The summed E-state index contributed by atoms with van der Waals surface area (Å²) >= 11 is -0.332. The fraction of sp³-hybridized carbons (Fsp3) is 0. The molecule has 0 saturated carbocycles. The average Bonchev–Trinajstić information content (AvgIpc) is 2.17. The number of aliphatic imine (C=N–C) groups is 1. The van der Waals surface area contributed by atoms with Gasteiger partial charge < -0.3 is 0 Å². The van der Waals surface area contributed by atoms with Gasteiger partial charge >= 0.3 is 92.6 Å². The van der Waals surface area contributed by atoms with Gasteiger partial charge in [0.15, 0.2) is 0 Å². The Hall–Kier alpha value is -0.857. The van der Waals surface area contributed by atoms with Crippen LogP contribution in [0.4, 0.5) is 5.69 Å². The monoisotopic (exact) mass is 298 g/mol. The van der Waals surface area contributed by atoms with Crippen LogP contribution in [0.3, 0.4) is 0 Å². The molecule has 0 atom stereocenters. The van der Waals surface area contributed by atoms with Crippen LogP contribution < -0.4 is 0 Å². The summed E-state index contributed by atoms with van der Waals surface area (Å²) in [4.78, 5) is 14.1. The maximum absolute atomic E-state index is 10.3. The molecule has 0 amide bonds. The van der Waals surface area contributed by atoms with Crippen molar-refractivity contribution in [3.05, 3.63) is 29.8 Å². The number of carboxylic acids is 1. The van der Waals surface area contributed by atoms with Crippen LogP contribution in [0.1, 0.15) is 5.56 Å². The third-order valence-electron chi connectivity index (χ3n) is 1.40. The van der Waals surface area contributed by atoms with Crippen LogP contribution in [-0.4, -0.2) is 21.9 Å². The van der Waals surface area contributed by atoms with Crippen LogP contribution in [0.5, 0.6) is 0 Å². The third kappa shape index (κ3) is 3.48. The van der Waals surface area contributed by atoms with Gasteiger partial charge in [-0.05, 0) is 0 Å². The van der Waals surface area contributed by atoms with Gasteiger partial charge in [0, 0.05) is 0 Å². The second-order valence-corrected chi connectivity index (χ2v) is 4.13. The normalized spacial score (nSPS) is 11.8. The number of hydrogen-bond acceptors (Lipinski definition) is 2. The van der Waals surface area contributed by atoms with Crippen molar-refractivity contribution in [3.8, 4) is 0 Å². The first-order chi connectivity index (χ1) is 6.74. The predicted octanol–water partition coefficient (Wildman–Crippen LogP) is 1.86. The van der Waals surface area contributed by atoms with Crippen molar-refractivity contribution in [2.24, 2.45) is 4.99 Å². The molecular formula is C9H7ClNO2Ru. The number of hydrogen-bond donors (Lipinski definition) is 1. The molecule has 0 aliphatic rings. The number of para-hydroxylation sites is 1. The van der Waals surface area contributed by atoms with E-state index in [0.29, 0.717) is 5.69 Å². The number of benzene rings is 1. The van der Waals surface area contributed by atoms with Crippen molar-refractivity contribution in [2.75, 3.05) is 0 Å². The van der Waals surface area contributed by atoms with E-state index in [1.54, 1.807) is 12.1 Å². The average molecular weight is 298 g/mol. The molecule has 0 aliphatic heterocycles. The van der Waals surface area contributed by atoms with Gasteiger partial charge in [-0.15, -0.1) is 0 Å². The fourth-order valence-corrected chi connectivity index (χ4v) is 1.98. The number of nitrogens with zero attached hydrogens (tertiary/aromatic N) is 1. The van der Waals surface area contributed by atoms with Gasteiger partial charge in [-0.2, -0.15) is 0 Å². The molecule has 1 aromatic rings. The molecule has 0 spiro atoms. The van der Waals surface area contributed by atoms with E-state index < -0.39 is 5.97 Å². The van der Waals surface area contributed by atoms with Gasteiger partial charge in [-0.25, -0.2) is 0 Å². The first-order valence-corrected chi connectivity index (χ1v) is 6.89. The molecule has 14 heavy (non-hydrogen) atoms. The summed E-state index contributed by atoms with van der Waals surface area (Å²) in [5.74, 6) is -1.06. The fourth-order valence-electron chi connectivity index (χ4n) is 0.858. The molecular weight excluding hydrogens is 291 g/mol. The molecule has 0 heterocycles. The summed E-state index contributed by atoms with van der Waals surface area (Å²) < 4.78 is 1.86. The zero-order valence-electron chi connectivity index (χ0n) is 7.00. The summed E-state index contributed by atoms with van der Waals surface area (Å²) in [5.41, 5.74) is 1.50. The van der Waals surface area contributed by atoms with E-state index in [4.69, 9.17) is 14.8 Å². The maximum atomic E-state index is 10.3. The molecule has 0 aliphatic carbocycles. The van der Waals surface area contributed by atoms with E-state index in [-0.39, 0.29) is 15.7 Å². The molecule has 0 aromatic heterocycles. The molecule has 1 aromatic carbocycles. The molecule has 0 unspecified atom stereocenters. The number of halogens is 1. The molecule has 1 N–H and O–H groups in total.